The molecule has 7 nitrogen and oxygen atoms in total. The zero-order valence-electron chi connectivity index (χ0n) is 17.7. The normalized spacial score (nSPS) is 18.1. The lowest BCUT2D eigenvalue weighted by atomic mass is 9.84. The molecule has 28 heavy (non-hydrogen) atoms. The molecule has 3 N–H and O–H groups in total. The summed E-state index contributed by atoms with van der Waals surface area (Å²) in [7, 11) is 3.62. The van der Waals surface area contributed by atoms with Crippen molar-refractivity contribution in [2.45, 2.75) is 52.1 Å². The maximum atomic E-state index is 12.7. The number of rotatable bonds is 7. The number of hydrogen-bond acceptors (Lipinski definition) is 4. The first-order valence-electron chi connectivity index (χ1n) is 9.73. The molecule has 1 saturated carbocycles. The highest BCUT2D eigenvalue weighted by atomic mass is 127. The topological polar surface area (TPSA) is 90.1 Å². The summed E-state index contributed by atoms with van der Waals surface area (Å²) in [6.07, 6.45) is 3.92. The van der Waals surface area contributed by atoms with Gasteiger partial charge in [0.1, 0.15) is 17.1 Å². The number of nitrogens with one attached hydrogen (secondary N) is 2. The third-order valence-electron chi connectivity index (χ3n) is 5.18. The maximum absolute atomic E-state index is 12.7. The number of aryl methyl sites for hydroxylation is 1. The van der Waals surface area contributed by atoms with Crippen molar-refractivity contribution in [1.82, 2.24) is 15.5 Å². The van der Waals surface area contributed by atoms with E-state index in [4.69, 9.17) is 4.42 Å². The molecule has 1 amide bonds. The first-order valence-corrected chi connectivity index (χ1v) is 9.73. The summed E-state index contributed by atoms with van der Waals surface area (Å²) < 4.78 is 5.55. The van der Waals surface area contributed by atoms with Crippen LogP contribution in [0.2, 0.25) is 0 Å². The molecule has 0 bridgehead atoms. The van der Waals surface area contributed by atoms with E-state index < -0.39 is 5.60 Å². The lowest BCUT2D eigenvalue weighted by Crippen LogP contribution is -2.49. The molecule has 1 aromatic heterocycles. The average Bonchev–Trinajstić information content (AvgIpc) is 3.27. The molecule has 0 radical (unpaired) electrons. The fourth-order valence-electron chi connectivity index (χ4n) is 3.62. The smallest absolute Gasteiger partial charge is 0.230 e. The molecule has 0 spiro atoms. The summed E-state index contributed by atoms with van der Waals surface area (Å²) in [5.74, 6) is 2.01. The van der Waals surface area contributed by atoms with Crippen LogP contribution >= 0.6 is 24.0 Å². The number of carbonyl (C=O) groups is 1. The van der Waals surface area contributed by atoms with Crippen LogP contribution < -0.4 is 10.6 Å². The standard InChI is InChI=1S/C20H34N4O3.HI/c1-6-21-18(22-13-19(3,26)16-10-9-15(2)27-16)23-14-20(11-7-8-12-20)17(25)24(4)5;/h9-10,26H,6-8,11-14H2,1-5H3,(H2,21,22,23);1H. The zero-order chi connectivity index (χ0) is 20.1. The van der Waals surface area contributed by atoms with Gasteiger partial charge in [-0.1, -0.05) is 12.8 Å². The summed E-state index contributed by atoms with van der Waals surface area (Å²) >= 11 is 0. The number of aliphatic imine (C=N–C) groups is 1. The molecular formula is C20H35IN4O3. The Morgan fingerprint density at radius 2 is 1.96 bits per heavy atom. The van der Waals surface area contributed by atoms with E-state index in [-0.39, 0.29) is 41.8 Å². The number of hydrogen-bond donors (Lipinski definition) is 3. The van der Waals surface area contributed by atoms with Gasteiger partial charge in [-0.25, -0.2) is 4.99 Å². The molecular weight excluding hydrogens is 471 g/mol. The Bertz CT molecular complexity index is 664. The van der Waals surface area contributed by atoms with E-state index in [1.54, 1.807) is 17.9 Å². The van der Waals surface area contributed by atoms with Gasteiger partial charge in [0.05, 0.1) is 12.0 Å². The van der Waals surface area contributed by atoms with Crippen molar-refractivity contribution in [2.75, 3.05) is 33.7 Å². The number of furan rings is 1. The van der Waals surface area contributed by atoms with Crippen LogP contribution in [-0.2, 0) is 10.4 Å². The number of amides is 1. The molecule has 0 saturated heterocycles. The van der Waals surface area contributed by atoms with E-state index in [0.717, 1.165) is 31.4 Å². The second-order valence-electron chi connectivity index (χ2n) is 7.92. The second kappa shape index (κ2) is 10.5. The maximum Gasteiger partial charge on any atom is 0.230 e. The average molecular weight is 506 g/mol. The number of guanidine groups is 1. The van der Waals surface area contributed by atoms with Crippen LogP contribution in [0.5, 0.6) is 0 Å². The van der Waals surface area contributed by atoms with Crippen LogP contribution in [0.25, 0.3) is 0 Å². The van der Waals surface area contributed by atoms with Gasteiger partial charge in [0.15, 0.2) is 5.96 Å². The van der Waals surface area contributed by atoms with E-state index in [9.17, 15) is 9.90 Å². The second-order valence-corrected chi connectivity index (χ2v) is 7.92. The minimum absolute atomic E-state index is 0. The lowest BCUT2D eigenvalue weighted by Gasteiger charge is -2.31. The summed E-state index contributed by atoms with van der Waals surface area (Å²) in [5.41, 5.74) is -1.57. The predicted molar refractivity (Wildman–Crippen MR) is 122 cm³/mol. The Morgan fingerprint density at radius 1 is 1.32 bits per heavy atom. The highest BCUT2D eigenvalue weighted by molar-refractivity contribution is 14.0. The first kappa shape index (κ1) is 24.7. The minimum Gasteiger partial charge on any atom is -0.463 e. The van der Waals surface area contributed by atoms with Crippen LogP contribution in [0, 0.1) is 12.3 Å². The van der Waals surface area contributed by atoms with Crippen molar-refractivity contribution in [3.8, 4) is 0 Å². The fraction of sp³-hybridized carbons (Fsp3) is 0.700. The third kappa shape index (κ3) is 6.10. The van der Waals surface area contributed by atoms with E-state index in [1.165, 1.54) is 0 Å². The molecule has 1 aliphatic carbocycles. The predicted octanol–water partition coefficient (Wildman–Crippen LogP) is 2.62. The van der Waals surface area contributed by atoms with Crippen LogP contribution in [0.3, 0.4) is 0 Å². The summed E-state index contributed by atoms with van der Waals surface area (Å²) in [6, 6.07) is 3.60. The molecule has 1 heterocycles. The molecule has 1 fully saturated rings. The zero-order valence-corrected chi connectivity index (χ0v) is 20.0. The van der Waals surface area contributed by atoms with Gasteiger partial charge in [-0.05, 0) is 45.7 Å². The van der Waals surface area contributed by atoms with Crippen LogP contribution in [0.4, 0.5) is 0 Å². The SMILES string of the molecule is CCNC(=NCC(C)(O)c1ccc(C)o1)NCC1(C(=O)N(C)C)CCCC1.I. The number of halogens is 1. The molecule has 8 heteroatoms. The molecule has 1 aliphatic rings. The Kier molecular flexibility index (Phi) is 9.26. The van der Waals surface area contributed by atoms with Gasteiger partial charge < -0.3 is 25.1 Å². The molecule has 2 rings (SSSR count). The molecule has 1 unspecified atom stereocenters. The van der Waals surface area contributed by atoms with Crippen molar-refractivity contribution in [3.63, 3.8) is 0 Å². The highest BCUT2D eigenvalue weighted by Gasteiger charge is 2.42. The van der Waals surface area contributed by atoms with Gasteiger partial charge in [-0.2, -0.15) is 0 Å². The van der Waals surface area contributed by atoms with Gasteiger partial charge in [0.2, 0.25) is 5.91 Å². The summed E-state index contributed by atoms with van der Waals surface area (Å²) in [6.45, 7) is 6.91. The van der Waals surface area contributed by atoms with E-state index >= 15 is 0 Å². The van der Waals surface area contributed by atoms with Crippen LogP contribution in [0.15, 0.2) is 21.5 Å². The molecule has 0 aromatic carbocycles. The lowest BCUT2D eigenvalue weighted by molar-refractivity contribution is -0.138. The van der Waals surface area contributed by atoms with Crippen molar-refractivity contribution in [3.05, 3.63) is 23.7 Å². The molecule has 160 valence electrons. The monoisotopic (exact) mass is 506 g/mol. The van der Waals surface area contributed by atoms with Crippen LogP contribution in [-0.4, -0.2) is 55.6 Å². The van der Waals surface area contributed by atoms with Gasteiger partial charge in [-0.15, -0.1) is 24.0 Å². The van der Waals surface area contributed by atoms with Gasteiger partial charge in [-0.3, -0.25) is 4.79 Å². The third-order valence-corrected chi connectivity index (χ3v) is 5.18. The molecule has 1 aromatic rings. The molecule has 1 atom stereocenters. The fourth-order valence-corrected chi connectivity index (χ4v) is 3.62. The quantitative estimate of drug-likeness (QED) is 0.301. The number of aliphatic hydroxyl groups is 1. The van der Waals surface area contributed by atoms with E-state index in [0.29, 0.717) is 24.8 Å². The first-order chi connectivity index (χ1) is 12.7. The van der Waals surface area contributed by atoms with Crippen molar-refractivity contribution < 1.29 is 14.3 Å². The van der Waals surface area contributed by atoms with E-state index in [2.05, 4.69) is 15.6 Å². The van der Waals surface area contributed by atoms with Crippen LogP contribution in [0.1, 0.15) is 51.1 Å². The van der Waals surface area contributed by atoms with Gasteiger partial charge in [0.25, 0.3) is 0 Å². The Morgan fingerprint density at radius 3 is 2.46 bits per heavy atom. The van der Waals surface area contributed by atoms with Crippen molar-refractivity contribution in [2.24, 2.45) is 10.4 Å². The Hall–Kier alpha value is -1.29. The summed E-state index contributed by atoms with van der Waals surface area (Å²) in [5, 5.41) is 17.2. The van der Waals surface area contributed by atoms with Gasteiger partial charge >= 0.3 is 0 Å². The number of nitrogens with zero attached hydrogens (tertiary/aromatic N) is 2. The number of carbonyl (C=O) groups excluding carboxylic acids is 1. The van der Waals surface area contributed by atoms with Crippen molar-refractivity contribution in [1.29, 1.82) is 0 Å². The largest absolute Gasteiger partial charge is 0.463 e. The highest BCUT2D eigenvalue weighted by Crippen LogP contribution is 2.38. The Labute approximate surface area is 185 Å². The minimum atomic E-state index is -1.19. The van der Waals surface area contributed by atoms with Crippen molar-refractivity contribution >= 4 is 35.8 Å². The Balaban J connectivity index is 0.00000392. The summed E-state index contributed by atoms with van der Waals surface area (Å²) in [4.78, 5) is 18.9. The molecule has 0 aliphatic heterocycles. The van der Waals surface area contributed by atoms with E-state index in [1.807, 2.05) is 34.0 Å². The van der Waals surface area contributed by atoms with Gasteiger partial charge in [0, 0.05) is 27.2 Å².